The van der Waals surface area contributed by atoms with Gasteiger partial charge in [0, 0.05) is 12.2 Å². The van der Waals surface area contributed by atoms with Crippen molar-refractivity contribution in [3.05, 3.63) is 59.7 Å². The molecule has 0 aliphatic carbocycles. The largest absolute Gasteiger partial charge is 0.325 e. The average Bonchev–Trinajstić information content (AvgIpc) is 3.18. The highest BCUT2D eigenvalue weighted by Gasteiger charge is 2.42. The van der Waals surface area contributed by atoms with E-state index in [0.717, 1.165) is 22.5 Å². The van der Waals surface area contributed by atoms with Gasteiger partial charge < -0.3 is 5.32 Å². The standard InChI is InChI=1S/C21H23N5O2S/c1-13-8-9-17(14(2)10-13)23-18(27)12-29-21-24-19-16(11-22-25-19)20(28)26(21)15-6-4-3-5-7-15/h3-10,16,19,22,25H,11-12H2,1-2H3,(H,23,27). The van der Waals surface area contributed by atoms with E-state index in [0.29, 0.717) is 11.7 Å². The van der Waals surface area contributed by atoms with Crippen LogP contribution in [0.1, 0.15) is 11.1 Å². The van der Waals surface area contributed by atoms with Crippen molar-refractivity contribution >= 4 is 40.1 Å². The highest BCUT2D eigenvalue weighted by molar-refractivity contribution is 8.14. The summed E-state index contributed by atoms with van der Waals surface area (Å²) in [6.45, 7) is 4.52. The molecule has 0 aromatic heterocycles. The summed E-state index contributed by atoms with van der Waals surface area (Å²) in [5, 5.41) is 3.47. The van der Waals surface area contributed by atoms with Crippen LogP contribution < -0.4 is 21.1 Å². The number of benzene rings is 2. The normalized spacial score (nSPS) is 21.0. The fraction of sp³-hybridized carbons (Fsp3) is 0.286. The zero-order valence-electron chi connectivity index (χ0n) is 16.3. The Morgan fingerprint density at radius 1 is 1.24 bits per heavy atom. The molecule has 2 amide bonds. The number of hydrazine groups is 1. The van der Waals surface area contributed by atoms with Crippen LogP contribution in [0, 0.1) is 19.8 Å². The second-order valence-electron chi connectivity index (χ2n) is 7.15. The Morgan fingerprint density at radius 3 is 2.79 bits per heavy atom. The topological polar surface area (TPSA) is 85.8 Å². The third-order valence-electron chi connectivity index (χ3n) is 4.93. The zero-order chi connectivity index (χ0) is 20.4. The number of nitrogens with zero attached hydrogens (tertiary/aromatic N) is 2. The van der Waals surface area contributed by atoms with Gasteiger partial charge in [0.25, 0.3) is 0 Å². The first-order valence-electron chi connectivity index (χ1n) is 9.48. The van der Waals surface area contributed by atoms with Gasteiger partial charge in [0.2, 0.25) is 11.8 Å². The van der Waals surface area contributed by atoms with Crippen molar-refractivity contribution in [3.63, 3.8) is 0 Å². The summed E-state index contributed by atoms with van der Waals surface area (Å²) < 4.78 is 0. The fourth-order valence-corrected chi connectivity index (χ4v) is 4.30. The van der Waals surface area contributed by atoms with Crippen LogP contribution in [-0.2, 0) is 9.59 Å². The highest BCUT2D eigenvalue weighted by Crippen LogP contribution is 2.29. The number of amides is 2. The number of fused-ring (bicyclic) bond motifs is 1. The van der Waals surface area contributed by atoms with Gasteiger partial charge in [-0.25, -0.2) is 10.4 Å². The predicted octanol–water partition coefficient (Wildman–Crippen LogP) is 2.43. The Hall–Kier alpha value is -2.68. The number of aliphatic imine (C=N–C) groups is 1. The minimum atomic E-state index is -0.313. The number of nitrogens with one attached hydrogen (secondary N) is 3. The summed E-state index contributed by atoms with van der Waals surface area (Å²) in [5.74, 6) is -0.257. The van der Waals surface area contributed by atoms with Crippen molar-refractivity contribution in [2.45, 2.75) is 20.0 Å². The number of thioether (sulfide) groups is 1. The van der Waals surface area contributed by atoms with E-state index in [1.165, 1.54) is 11.8 Å². The Labute approximate surface area is 173 Å². The molecule has 2 aromatic carbocycles. The van der Waals surface area contributed by atoms with E-state index in [4.69, 9.17) is 4.99 Å². The number of carbonyl (C=O) groups excluding carboxylic acids is 2. The molecule has 2 aromatic rings. The van der Waals surface area contributed by atoms with Gasteiger partial charge in [0.1, 0.15) is 6.17 Å². The molecule has 2 aliphatic heterocycles. The lowest BCUT2D eigenvalue weighted by atomic mass is 10.1. The summed E-state index contributed by atoms with van der Waals surface area (Å²) in [4.78, 5) is 31.9. The predicted molar refractivity (Wildman–Crippen MR) is 117 cm³/mol. The minimum absolute atomic E-state index is 0.0222. The number of hydrogen-bond donors (Lipinski definition) is 3. The highest BCUT2D eigenvalue weighted by atomic mass is 32.2. The Morgan fingerprint density at radius 2 is 2.03 bits per heavy atom. The van der Waals surface area contributed by atoms with Crippen molar-refractivity contribution in [2.75, 3.05) is 22.5 Å². The molecule has 1 fully saturated rings. The van der Waals surface area contributed by atoms with Crippen molar-refractivity contribution in [3.8, 4) is 0 Å². The number of amidine groups is 1. The Balaban J connectivity index is 1.50. The Kier molecular flexibility index (Phi) is 5.66. The van der Waals surface area contributed by atoms with Crippen LogP contribution in [0.5, 0.6) is 0 Å². The molecular formula is C21H23N5O2S. The summed E-state index contributed by atoms with van der Waals surface area (Å²) in [6, 6.07) is 15.3. The van der Waals surface area contributed by atoms with Crippen LogP contribution in [0.15, 0.2) is 53.5 Å². The van der Waals surface area contributed by atoms with E-state index in [9.17, 15) is 9.59 Å². The molecule has 3 N–H and O–H groups in total. The van der Waals surface area contributed by atoms with Crippen LogP contribution >= 0.6 is 11.8 Å². The molecule has 8 heteroatoms. The molecule has 29 heavy (non-hydrogen) atoms. The molecular weight excluding hydrogens is 386 g/mol. The van der Waals surface area contributed by atoms with Crippen molar-refractivity contribution < 1.29 is 9.59 Å². The number of carbonyl (C=O) groups is 2. The van der Waals surface area contributed by atoms with E-state index in [-0.39, 0.29) is 29.7 Å². The van der Waals surface area contributed by atoms with Crippen LogP contribution in [0.4, 0.5) is 11.4 Å². The van der Waals surface area contributed by atoms with Gasteiger partial charge in [0.05, 0.1) is 17.4 Å². The van der Waals surface area contributed by atoms with E-state index in [1.807, 2.05) is 62.4 Å². The van der Waals surface area contributed by atoms with E-state index in [1.54, 1.807) is 4.90 Å². The number of hydrogen-bond acceptors (Lipinski definition) is 6. The van der Waals surface area contributed by atoms with Gasteiger partial charge in [-0.05, 0) is 37.6 Å². The fourth-order valence-electron chi connectivity index (χ4n) is 3.45. The number of para-hydroxylation sites is 1. The summed E-state index contributed by atoms with van der Waals surface area (Å²) in [5.41, 5.74) is 9.75. The van der Waals surface area contributed by atoms with E-state index >= 15 is 0 Å². The molecule has 2 aliphatic rings. The smallest absolute Gasteiger partial charge is 0.241 e. The minimum Gasteiger partial charge on any atom is -0.325 e. The number of rotatable bonds is 4. The first kappa shape index (κ1) is 19.6. The van der Waals surface area contributed by atoms with Crippen molar-refractivity contribution in [1.29, 1.82) is 0 Å². The lowest BCUT2D eigenvalue weighted by molar-refractivity contribution is -0.121. The Bertz CT molecular complexity index is 963. The average molecular weight is 410 g/mol. The summed E-state index contributed by atoms with van der Waals surface area (Å²) in [7, 11) is 0. The maximum absolute atomic E-state index is 13.1. The lowest BCUT2D eigenvalue weighted by Gasteiger charge is -2.32. The lowest BCUT2D eigenvalue weighted by Crippen LogP contribution is -2.49. The van der Waals surface area contributed by atoms with Crippen LogP contribution in [-0.4, -0.2) is 35.4 Å². The van der Waals surface area contributed by atoms with Gasteiger partial charge >= 0.3 is 0 Å². The first-order chi connectivity index (χ1) is 14.0. The van der Waals surface area contributed by atoms with Crippen molar-refractivity contribution in [1.82, 2.24) is 10.9 Å². The van der Waals surface area contributed by atoms with Gasteiger partial charge in [0.15, 0.2) is 5.17 Å². The maximum Gasteiger partial charge on any atom is 0.241 e. The monoisotopic (exact) mass is 409 g/mol. The molecule has 150 valence electrons. The SMILES string of the molecule is Cc1ccc(NC(=O)CSC2=NC3NNCC3C(=O)N2c2ccccc2)c(C)c1. The second kappa shape index (κ2) is 8.36. The molecule has 0 spiro atoms. The van der Waals surface area contributed by atoms with Crippen LogP contribution in [0.2, 0.25) is 0 Å². The molecule has 2 unspecified atom stereocenters. The first-order valence-corrected chi connectivity index (χ1v) is 10.5. The van der Waals surface area contributed by atoms with Gasteiger partial charge in [-0.3, -0.25) is 19.9 Å². The van der Waals surface area contributed by atoms with Gasteiger partial charge in [-0.2, -0.15) is 0 Å². The molecule has 0 radical (unpaired) electrons. The van der Waals surface area contributed by atoms with Gasteiger partial charge in [-0.15, -0.1) is 0 Å². The maximum atomic E-state index is 13.1. The number of aryl methyl sites for hydroxylation is 2. The molecule has 7 nitrogen and oxygen atoms in total. The molecule has 2 atom stereocenters. The molecule has 4 rings (SSSR count). The molecule has 0 saturated carbocycles. The third-order valence-corrected chi connectivity index (χ3v) is 5.89. The van der Waals surface area contributed by atoms with Crippen LogP contribution in [0.3, 0.4) is 0 Å². The van der Waals surface area contributed by atoms with E-state index < -0.39 is 0 Å². The molecule has 0 bridgehead atoms. The zero-order valence-corrected chi connectivity index (χ0v) is 17.1. The molecule has 2 heterocycles. The molecule has 1 saturated heterocycles. The number of anilines is 2. The second-order valence-corrected chi connectivity index (χ2v) is 8.10. The van der Waals surface area contributed by atoms with Gasteiger partial charge in [-0.1, -0.05) is 47.7 Å². The third kappa shape index (κ3) is 4.19. The van der Waals surface area contributed by atoms with Crippen LogP contribution in [0.25, 0.3) is 0 Å². The quantitative estimate of drug-likeness (QED) is 0.722. The van der Waals surface area contributed by atoms with Crippen molar-refractivity contribution in [2.24, 2.45) is 10.9 Å². The summed E-state index contributed by atoms with van der Waals surface area (Å²) >= 11 is 1.26. The summed E-state index contributed by atoms with van der Waals surface area (Å²) in [6.07, 6.45) is -0.313. The van der Waals surface area contributed by atoms with E-state index in [2.05, 4.69) is 16.2 Å².